The number of amides is 4. The number of allylic oxidation sites excluding steroid dienone is 2. The summed E-state index contributed by atoms with van der Waals surface area (Å²) in [7, 11) is 1.18. The van der Waals surface area contributed by atoms with Crippen molar-refractivity contribution < 1.29 is 46.2 Å². The van der Waals surface area contributed by atoms with Crippen molar-refractivity contribution in [1.29, 1.82) is 0 Å². The van der Waals surface area contributed by atoms with E-state index in [2.05, 4.69) is 10.4 Å². The SMILES string of the molecule is CN(c1nc(C(F)(F)F)ccc1Cl)N1C(=O)[C@H]2[C@H](CC=C3[C@H]2C[C@H]2C(=O)N(Nc4ccc(F)cc4)C(=O)[C@@]2(c2ccc(Cl)cc2)[C@H]3c2ccc(O)c(F)c2)C1=O. The Morgan fingerprint density at radius 3 is 2.25 bits per heavy atom. The number of hydrogen-bond acceptors (Lipinski definition) is 8. The molecule has 2 aliphatic carbocycles. The first-order valence-corrected chi connectivity index (χ1v) is 18.0. The van der Waals surface area contributed by atoms with Gasteiger partial charge in [0.05, 0.1) is 33.9 Å². The Hall–Kier alpha value is -5.54. The molecule has 0 spiro atoms. The number of pyridine rings is 1. The van der Waals surface area contributed by atoms with Crippen LogP contribution in [0.15, 0.2) is 90.5 Å². The number of halogens is 7. The summed E-state index contributed by atoms with van der Waals surface area (Å²) in [4.78, 5) is 62.1. The Labute approximate surface area is 325 Å². The molecule has 0 bridgehead atoms. The Bertz CT molecular complexity index is 2360. The molecule has 288 valence electrons. The molecule has 3 fully saturated rings. The van der Waals surface area contributed by atoms with Crippen LogP contribution in [0.4, 0.5) is 33.5 Å². The zero-order valence-electron chi connectivity index (χ0n) is 28.9. The van der Waals surface area contributed by atoms with Crippen LogP contribution in [0.2, 0.25) is 10.0 Å². The molecule has 56 heavy (non-hydrogen) atoms. The second-order valence-electron chi connectivity index (χ2n) is 14.1. The molecule has 2 saturated heterocycles. The molecule has 0 radical (unpaired) electrons. The fraction of sp³-hybridized carbons (Fsp3) is 0.256. The summed E-state index contributed by atoms with van der Waals surface area (Å²) in [6, 6.07) is 16.3. The highest BCUT2D eigenvalue weighted by molar-refractivity contribution is 6.33. The van der Waals surface area contributed by atoms with Crippen molar-refractivity contribution in [2.24, 2.45) is 23.7 Å². The topological polar surface area (TPSA) is 123 Å². The average molecular weight is 813 g/mol. The third-order valence-electron chi connectivity index (χ3n) is 11.3. The molecule has 1 saturated carbocycles. The maximum atomic E-state index is 15.3. The van der Waals surface area contributed by atoms with E-state index in [1.165, 1.54) is 37.4 Å². The summed E-state index contributed by atoms with van der Waals surface area (Å²) in [5, 5.41) is 12.6. The number of nitrogens with one attached hydrogen (secondary N) is 1. The summed E-state index contributed by atoms with van der Waals surface area (Å²) in [5.74, 6) is -11.4. The summed E-state index contributed by atoms with van der Waals surface area (Å²) in [6.07, 6.45) is -3.41. The van der Waals surface area contributed by atoms with Crippen LogP contribution < -0.4 is 10.4 Å². The first kappa shape index (κ1) is 37.4. The number of alkyl halides is 3. The molecule has 8 rings (SSSR count). The second-order valence-corrected chi connectivity index (χ2v) is 14.9. The van der Waals surface area contributed by atoms with Gasteiger partial charge in [-0.05, 0) is 90.6 Å². The molecule has 2 N–H and O–H groups in total. The van der Waals surface area contributed by atoms with Gasteiger partial charge >= 0.3 is 6.18 Å². The number of aromatic nitrogens is 1. The maximum absolute atomic E-state index is 15.3. The number of phenols is 1. The molecule has 4 amide bonds. The number of imide groups is 2. The van der Waals surface area contributed by atoms with E-state index < -0.39 is 93.7 Å². The van der Waals surface area contributed by atoms with Gasteiger partial charge in [0.15, 0.2) is 17.4 Å². The van der Waals surface area contributed by atoms with Gasteiger partial charge in [0.1, 0.15) is 11.5 Å². The Morgan fingerprint density at radius 1 is 0.893 bits per heavy atom. The van der Waals surface area contributed by atoms with E-state index in [4.69, 9.17) is 23.2 Å². The van der Waals surface area contributed by atoms with Gasteiger partial charge in [0.25, 0.3) is 23.6 Å². The Kier molecular flexibility index (Phi) is 8.88. The van der Waals surface area contributed by atoms with Gasteiger partial charge in [-0.3, -0.25) is 29.6 Å². The van der Waals surface area contributed by atoms with E-state index >= 15 is 9.18 Å². The number of fused-ring (bicyclic) bond motifs is 4. The van der Waals surface area contributed by atoms with E-state index in [0.717, 1.165) is 40.3 Å². The number of anilines is 2. The molecule has 3 aromatic carbocycles. The van der Waals surface area contributed by atoms with E-state index in [9.17, 15) is 37.1 Å². The van der Waals surface area contributed by atoms with Crippen molar-refractivity contribution in [2.75, 3.05) is 17.5 Å². The highest BCUT2D eigenvalue weighted by Crippen LogP contribution is 2.64. The summed E-state index contributed by atoms with van der Waals surface area (Å²) in [5.41, 5.74) is 0.812. The largest absolute Gasteiger partial charge is 0.505 e. The average Bonchev–Trinajstić information content (AvgIpc) is 3.54. The molecule has 1 aromatic heterocycles. The number of aromatic hydroxyl groups is 1. The van der Waals surface area contributed by atoms with Crippen molar-refractivity contribution in [3.63, 3.8) is 0 Å². The zero-order valence-corrected chi connectivity index (χ0v) is 30.4. The molecular formula is C39H28Cl2F5N5O5. The number of benzene rings is 3. The molecule has 4 aliphatic rings. The number of carbonyl (C=O) groups excluding carboxylic acids is 4. The van der Waals surface area contributed by atoms with E-state index in [1.54, 1.807) is 18.2 Å². The molecular weight excluding hydrogens is 784 g/mol. The van der Waals surface area contributed by atoms with Gasteiger partial charge in [-0.2, -0.15) is 23.2 Å². The monoisotopic (exact) mass is 811 g/mol. The fourth-order valence-corrected chi connectivity index (χ4v) is 9.28. The van der Waals surface area contributed by atoms with Gasteiger partial charge in [0, 0.05) is 18.0 Å². The molecule has 0 unspecified atom stereocenters. The number of hydrazine groups is 2. The Morgan fingerprint density at radius 2 is 1.59 bits per heavy atom. The number of phenolic OH excluding ortho intramolecular Hbond substituents is 1. The van der Waals surface area contributed by atoms with Crippen molar-refractivity contribution in [3.05, 3.63) is 129 Å². The molecule has 6 atom stereocenters. The number of carbonyl (C=O) groups is 4. The fourth-order valence-electron chi connectivity index (χ4n) is 8.92. The molecule has 2 aliphatic heterocycles. The quantitative estimate of drug-likeness (QED) is 0.117. The van der Waals surface area contributed by atoms with Gasteiger partial charge in [-0.25, -0.2) is 13.8 Å². The number of rotatable bonds is 6. The van der Waals surface area contributed by atoms with Crippen LogP contribution in [0.3, 0.4) is 0 Å². The maximum Gasteiger partial charge on any atom is 0.433 e. The van der Waals surface area contributed by atoms with Crippen LogP contribution in [0.25, 0.3) is 0 Å². The third kappa shape index (κ3) is 5.61. The normalized spacial score (nSPS) is 25.9. The number of nitrogens with zero attached hydrogens (tertiary/aromatic N) is 4. The predicted molar refractivity (Wildman–Crippen MR) is 192 cm³/mol. The van der Waals surface area contributed by atoms with Crippen molar-refractivity contribution in [3.8, 4) is 5.75 Å². The lowest BCUT2D eigenvalue weighted by Crippen LogP contribution is -2.53. The highest BCUT2D eigenvalue weighted by atomic mass is 35.5. The van der Waals surface area contributed by atoms with Crippen molar-refractivity contribution >= 4 is 58.3 Å². The van der Waals surface area contributed by atoms with Crippen LogP contribution in [-0.4, -0.2) is 50.8 Å². The molecule has 3 heterocycles. The summed E-state index contributed by atoms with van der Waals surface area (Å²) in [6.45, 7) is 0. The van der Waals surface area contributed by atoms with Crippen LogP contribution in [0, 0.1) is 35.3 Å². The highest BCUT2D eigenvalue weighted by Gasteiger charge is 2.70. The minimum absolute atomic E-state index is 0.0622. The van der Waals surface area contributed by atoms with Crippen LogP contribution >= 0.6 is 23.2 Å². The van der Waals surface area contributed by atoms with Crippen LogP contribution in [0.1, 0.15) is 35.6 Å². The van der Waals surface area contributed by atoms with Crippen molar-refractivity contribution in [2.45, 2.75) is 30.4 Å². The smallest absolute Gasteiger partial charge is 0.433 e. The first-order chi connectivity index (χ1) is 26.5. The molecule has 10 nitrogen and oxygen atoms in total. The van der Waals surface area contributed by atoms with E-state index in [1.807, 2.05) is 0 Å². The lowest BCUT2D eigenvalue weighted by atomic mass is 9.49. The Balaban J connectivity index is 1.28. The predicted octanol–water partition coefficient (Wildman–Crippen LogP) is 7.43. The number of hydrogen-bond donors (Lipinski definition) is 2. The van der Waals surface area contributed by atoms with Gasteiger partial charge in [-0.1, -0.05) is 53.1 Å². The lowest BCUT2D eigenvalue weighted by molar-refractivity contribution is -0.142. The standard InChI is InChI=1S/C39H28Cl2F5N5O5/c1-49(33-27(41)13-15-30(47-33)39(44,45)46)51-34(53)24-12-11-23-25(31(24)36(51)55)17-26-35(54)50(48-22-9-7-21(42)8-10-22)37(56)38(26,19-3-5-20(40)6-4-19)32(23)18-2-14-29(52)28(43)16-18/h2-11,13-16,24-26,31-32,48,52H,12,17H2,1H3/t24-,25+,26-,31-,32-,38+/m0/s1. The third-order valence-corrected chi connectivity index (χ3v) is 11.8. The van der Waals surface area contributed by atoms with Crippen LogP contribution in [-0.2, 0) is 30.8 Å². The second kappa shape index (κ2) is 13.3. The van der Waals surface area contributed by atoms with Crippen molar-refractivity contribution in [1.82, 2.24) is 15.0 Å². The molecule has 17 heteroatoms. The van der Waals surface area contributed by atoms with Gasteiger partial charge < -0.3 is 5.11 Å². The lowest BCUT2D eigenvalue weighted by Gasteiger charge is -2.50. The summed E-state index contributed by atoms with van der Waals surface area (Å²) >= 11 is 12.5. The van der Waals surface area contributed by atoms with Gasteiger partial charge in [0.2, 0.25) is 0 Å². The molecule has 4 aromatic rings. The summed E-state index contributed by atoms with van der Waals surface area (Å²) < 4.78 is 70.1. The minimum Gasteiger partial charge on any atom is -0.505 e. The van der Waals surface area contributed by atoms with Gasteiger partial charge in [-0.15, -0.1) is 0 Å². The van der Waals surface area contributed by atoms with E-state index in [0.29, 0.717) is 27.2 Å². The minimum atomic E-state index is -4.86. The first-order valence-electron chi connectivity index (χ1n) is 17.2. The van der Waals surface area contributed by atoms with E-state index in [-0.39, 0.29) is 29.1 Å². The van der Waals surface area contributed by atoms with Crippen LogP contribution in [0.5, 0.6) is 5.75 Å². The zero-order chi connectivity index (χ0) is 40.0.